The SMILES string of the molecule is CC(C)(CNC(=O)c1cn(CCN)cn1)C(N)=O. The van der Waals surface area contributed by atoms with Crippen molar-refractivity contribution in [3.8, 4) is 0 Å². The van der Waals surface area contributed by atoms with Crippen molar-refractivity contribution in [3.63, 3.8) is 0 Å². The average Bonchev–Trinajstić information content (AvgIpc) is 2.75. The quantitative estimate of drug-likeness (QED) is 0.608. The fraction of sp³-hybridized carbons (Fsp3) is 0.545. The van der Waals surface area contributed by atoms with Crippen LogP contribution < -0.4 is 16.8 Å². The third-order valence-electron chi connectivity index (χ3n) is 2.61. The van der Waals surface area contributed by atoms with Crippen molar-refractivity contribution in [2.45, 2.75) is 20.4 Å². The van der Waals surface area contributed by atoms with E-state index in [2.05, 4.69) is 10.3 Å². The van der Waals surface area contributed by atoms with Gasteiger partial charge in [0.15, 0.2) is 0 Å². The van der Waals surface area contributed by atoms with Crippen LogP contribution in [-0.2, 0) is 11.3 Å². The van der Waals surface area contributed by atoms with Gasteiger partial charge in [0.25, 0.3) is 5.91 Å². The topological polar surface area (TPSA) is 116 Å². The molecule has 0 atom stereocenters. The van der Waals surface area contributed by atoms with Crippen LogP contribution in [-0.4, -0.2) is 34.5 Å². The number of amides is 2. The van der Waals surface area contributed by atoms with Gasteiger partial charge in [0.1, 0.15) is 5.69 Å². The standard InChI is InChI=1S/C11H19N5O2/c1-11(2,10(13)18)6-14-9(17)8-5-16(4-3-12)7-15-8/h5,7H,3-4,6,12H2,1-2H3,(H2,13,18)(H,14,17). The summed E-state index contributed by atoms with van der Waals surface area (Å²) in [4.78, 5) is 26.8. The lowest BCUT2D eigenvalue weighted by atomic mass is 9.93. The van der Waals surface area contributed by atoms with Gasteiger partial charge in [-0.15, -0.1) is 0 Å². The van der Waals surface area contributed by atoms with Gasteiger partial charge in [-0.1, -0.05) is 0 Å². The zero-order valence-corrected chi connectivity index (χ0v) is 10.6. The smallest absolute Gasteiger partial charge is 0.271 e. The zero-order chi connectivity index (χ0) is 13.8. The molecular weight excluding hydrogens is 234 g/mol. The third kappa shape index (κ3) is 3.56. The number of carbonyl (C=O) groups excluding carboxylic acids is 2. The first-order valence-electron chi connectivity index (χ1n) is 5.67. The Hall–Kier alpha value is -1.89. The van der Waals surface area contributed by atoms with Crippen molar-refractivity contribution in [3.05, 3.63) is 18.2 Å². The van der Waals surface area contributed by atoms with Crippen molar-refractivity contribution in [2.24, 2.45) is 16.9 Å². The highest BCUT2D eigenvalue weighted by molar-refractivity contribution is 5.92. The van der Waals surface area contributed by atoms with E-state index in [0.717, 1.165) is 0 Å². The first-order valence-corrected chi connectivity index (χ1v) is 5.67. The van der Waals surface area contributed by atoms with Crippen LogP contribution in [0.1, 0.15) is 24.3 Å². The van der Waals surface area contributed by atoms with Crippen LogP contribution in [0.15, 0.2) is 12.5 Å². The Bertz CT molecular complexity index is 438. The van der Waals surface area contributed by atoms with E-state index in [9.17, 15) is 9.59 Å². The minimum atomic E-state index is -0.782. The summed E-state index contributed by atoms with van der Waals surface area (Å²) in [5.41, 5.74) is 10.1. The Labute approximate surface area is 106 Å². The minimum absolute atomic E-state index is 0.172. The lowest BCUT2D eigenvalue weighted by molar-refractivity contribution is -0.125. The van der Waals surface area contributed by atoms with Gasteiger partial charge >= 0.3 is 0 Å². The van der Waals surface area contributed by atoms with Crippen molar-refractivity contribution < 1.29 is 9.59 Å². The number of primary amides is 1. The van der Waals surface area contributed by atoms with Crippen molar-refractivity contribution in [2.75, 3.05) is 13.1 Å². The summed E-state index contributed by atoms with van der Waals surface area (Å²) in [6, 6.07) is 0. The van der Waals surface area contributed by atoms with Gasteiger partial charge in [0.2, 0.25) is 5.91 Å². The number of nitrogens with zero attached hydrogens (tertiary/aromatic N) is 2. The van der Waals surface area contributed by atoms with E-state index in [1.165, 1.54) is 0 Å². The van der Waals surface area contributed by atoms with Crippen LogP contribution in [0.3, 0.4) is 0 Å². The maximum absolute atomic E-state index is 11.8. The van der Waals surface area contributed by atoms with Crippen LogP contribution in [0, 0.1) is 5.41 Å². The highest BCUT2D eigenvalue weighted by Gasteiger charge is 2.25. The monoisotopic (exact) mass is 253 g/mol. The maximum atomic E-state index is 11.8. The predicted molar refractivity (Wildman–Crippen MR) is 66.6 cm³/mol. The fourth-order valence-electron chi connectivity index (χ4n) is 1.23. The molecule has 7 nitrogen and oxygen atoms in total. The average molecular weight is 253 g/mol. The fourth-order valence-corrected chi connectivity index (χ4v) is 1.23. The highest BCUT2D eigenvalue weighted by Crippen LogP contribution is 2.12. The van der Waals surface area contributed by atoms with Crippen LogP contribution in [0.25, 0.3) is 0 Å². The molecule has 0 saturated carbocycles. The van der Waals surface area contributed by atoms with Crippen molar-refractivity contribution in [1.29, 1.82) is 0 Å². The number of rotatable bonds is 6. The molecule has 2 amide bonds. The molecule has 1 heterocycles. The van der Waals surface area contributed by atoms with E-state index in [1.807, 2.05) is 0 Å². The highest BCUT2D eigenvalue weighted by atomic mass is 16.2. The molecule has 1 aromatic heterocycles. The second-order valence-electron chi connectivity index (χ2n) is 4.72. The maximum Gasteiger partial charge on any atom is 0.271 e. The Morgan fingerprint density at radius 2 is 2.17 bits per heavy atom. The summed E-state index contributed by atoms with van der Waals surface area (Å²) in [6.07, 6.45) is 3.15. The Balaban J connectivity index is 2.57. The molecule has 100 valence electrons. The van der Waals surface area contributed by atoms with E-state index < -0.39 is 11.3 Å². The number of imidazole rings is 1. The van der Waals surface area contributed by atoms with Crippen LogP contribution in [0.2, 0.25) is 0 Å². The predicted octanol–water partition coefficient (Wildman–Crippen LogP) is -0.917. The Kier molecular flexibility index (Phi) is 4.43. The summed E-state index contributed by atoms with van der Waals surface area (Å²) in [5.74, 6) is -0.795. The second-order valence-corrected chi connectivity index (χ2v) is 4.72. The molecule has 0 aliphatic heterocycles. The molecular formula is C11H19N5O2. The Morgan fingerprint density at radius 1 is 1.50 bits per heavy atom. The molecule has 0 saturated heterocycles. The zero-order valence-electron chi connectivity index (χ0n) is 10.6. The van der Waals surface area contributed by atoms with Crippen LogP contribution in [0.5, 0.6) is 0 Å². The van der Waals surface area contributed by atoms with E-state index in [4.69, 9.17) is 11.5 Å². The second kappa shape index (κ2) is 5.63. The molecule has 0 spiro atoms. The normalized spacial score (nSPS) is 11.3. The summed E-state index contributed by atoms with van der Waals surface area (Å²) < 4.78 is 1.73. The van der Waals surface area contributed by atoms with Gasteiger partial charge in [-0.2, -0.15) is 0 Å². The first kappa shape index (κ1) is 14.2. The summed E-state index contributed by atoms with van der Waals surface area (Å²) in [5, 5.41) is 2.63. The van der Waals surface area contributed by atoms with Gasteiger partial charge in [-0.25, -0.2) is 4.98 Å². The summed E-state index contributed by atoms with van der Waals surface area (Å²) in [7, 11) is 0. The summed E-state index contributed by atoms with van der Waals surface area (Å²) >= 11 is 0. The number of nitrogens with one attached hydrogen (secondary N) is 1. The molecule has 0 aromatic carbocycles. The van der Waals surface area contributed by atoms with Gasteiger partial charge in [-0.05, 0) is 13.8 Å². The largest absolute Gasteiger partial charge is 0.369 e. The first-order chi connectivity index (χ1) is 8.36. The van der Waals surface area contributed by atoms with Crippen LogP contribution in [0.4, 0.5) is 0 Å². The van der Waals surface area contributed by atoms with Gasteiger partial charge < -0.3 is 21.4 Å². The van der Waals surface area contributed by atoms with Gasteiger partial charge in [0.05, 0.1) is 11.7 Å². The molecule has 0 aliphatic carbocycles. The van der Waals surface area contributed by atoms with E-state index in [1.54, 1.807) is 30.9 Å². The van der Waals surface area contributed by atoms with Crippen molar-refractivity contribution in [1.82, 2.24) is 14.9 Å². The molecule has 0 unspecified atom stereocenters. The molecule has 0 radical (unpaired) electrons. The molecule has 18 heavy (non-hydrogen) atoms. The van der Waals surface area contributed by atoms with E-state index >= 15 is 0 Å². The number of hydrogen-bond acceptors (Lipinski definition) is 4. The molecule has 1 rings (SSSR count). The van der Waals surface area contributed by atoms with Gasteiger partial charge in [0, 0.05) is 25.8 Å². The third-order valence-corrected chi connectivity index (χ3v) is 2.61. The van der Waals surface area contributed by atoms with Gasteiger partial charge in [-0.3, -0.25) is 9.59 Å². The lowest BCUT2D eigenvalue weighted by Gasteiger charge is -2.20. The number of nitrogens with two attached hydrogens (primary N) is 2. The van der Waals surface area contributed by atoms with Crippen LogP contribution >= 0.6 is 0 Å². The molecule has 7 heteroatoms. The van der Waals surface area contributed by atoms with E-state index in [0.29, 0.717) is 18.8 Å². The minimum Gasteiger partial charge on any atom is -0.369 e. The molecule has 0 fully saturated rings. The number of aromatic nitrogens is 2. The molecule has 1 aromatic rings. The van der Waals surface area contributed by atoms with Crippen molar-refractivity contribution >= 4 is 11.8 Å². The summed E-state index contributed by atoms with van der Waals surface area (Å²) in [6.45, 7) is 4.59. The van der Waals surface area contributed by atoms with E-state index in [-0.39, 0.29) is 12.5 Å². The molecule has 0 bridgehead atoms. The molecule has 5 N–H and O–H groups in total. The number of carbonyl (C=O) groups is 2. The lowest BCUT2D eigenvalue weighted by Crippen LogP contribution is -2.42. The number of hydrogen-bond donors (Lipinski definition) is 3. The molecule has 0 aliphatic rings. The Morgan fingerprint density at radius 3 is 2.72 bits per heavy atom.